The molecule has 288 valence electrons. The summed E-state index contributed by atoms with van der Waals surface area (Å²) in [5, 5.41) is 2.57. The van der Waals surface area contributed by atoms with Crippen molar-refractivity contribution < 1.29 is 0 Å². The number of hydrogen-bond acceptors (Lipinski definition) is 4. The van der Waals surface area contributed by atoms with Crippen LogP contribution in [0.4, 0.5) is 0 Å². The normalized spacial score (nSPS) is 13.0. The molecule has 0 bridgehead atoms. The lowest BCUT2D eigenvalue weighted by molar-refractivity contribution is 0.794. The van der Waals surface area contributed by atoms with Gasteiger partial charge in [0.15, 0.2) is 17.5 Å². The van der Waals surface area contributed by atoms with E-state index >= 15 is 0 Å². The highest BCUT2D eigenvalue weighted by molar-refractivity contribution is 7.25. The van der Waals surface area contributed by atoms with Crippen molar-refractivity contribution in [2.45, 2.75) is 5.41 Å². The second-order valence-corrected chi connectivity index (χ2v) is 17.3. The standard InChI is InChI=1S/C58H35N3S/c1-2-17-36(18-3-1)55-59-56(45-24-6-4-19-38(45)37-33-34-43-42-23-11-15-32-52(42)62-53(43)35-37)61-57(60-55)46-25-7-5-20-39(46)44-27-16-31-51-54(44)47-26-10-14-30-50(47)58(51)48-28-12-8-21-40(48)41-22-9-13-29-49(41)58/h1-35H. The zero-order chi connectivity index (χ0) is 40.8. The molecule has 3 nitrogen and oxygen atoms in total. The van der Waals surface area contributed by atoms with E-state index in [2.05, 4.69) is 194 Å². The third kappa shape index (κ3) is 5.02. The Balaban J connectivity index is 1.02. The van der Waals surface area contributed by atoms with E-state index in [9.17, 15) is 0 Å². The third-order valence-corrected chi connectivity index (χ3v) is 14.1. The smallest absolute Gasteiger partial charge is 0.164 e. The Morgan fingerprint density at radius 2 is 0.774 bits per heavy atom. The van der Waals surface area contributed by atoms with Crippen molar-refractivity contribution in [1.82, 2.24) is 15.0 Å². The van der Waals surface area contributed by atoms with Crippen LogP contribution in [-0.4, -0.2) is 15.0 Å². The van der Waals surface area contributed by atoms with Crippen LogP contribution in [0.2, 0.25) is 0 Å². The number of benzene rings is 9. The second-order valence-electron chi connectivity index (χ2n) is 16.2. The summed E-state index contributed by atoms with van der Waals surface area (Å²) < 4.78 is 2.55. The lowest BCUT2D eigenvalue weighted by atomic mass is 9.70. The van der Waals surface area contributed by atoms with E-state index in [1.165, 1.54) is 64.7 Å². The van der Waals surface area contributed by atoms with Crippen LogP contribution in [0.15, 0.2) is 212 Å². The molecule has 2 aromatic heterocycles. The Morgan fingerprint density at radius 3 is 1.48 bits per heavy atom. The first-order valence-corrected chi connectivity index (χ1v) is 21.9. The number of rotatable bonds is 5. The highest BCUT2D eigenvalue weighted by atomic mass is 32.1. The average Bonchev–Trinajstić information content (AvgIpc) is 3.98. The summed E-state index contributed by atoms with van der Waals surface area (Å²) in [7, 11) is 0. The van der Waals surface area contributed by atoms with Crippen LogP contribution in [0.25, 0.3) is 98.8 Å². The van der Waals surface area contributed by atoms with Crippen LogP contribution in [-0.2, 0) is 5.41 Å². The van der Waals surface area contributed by atoms with E-state index in [0.29, 0.717) is 17.5 Å². The summed E-state index contributed by atoms with van der Waals surface area (Å²) in [4.78, 5) is 16.0. The van der Waals surface area contributed by atoms with Crippen LogP contribution >= 0.6 is 11.3 Å². The van der Waals surface area contributed by atoms with E-state index in [-0.39, 0.29) is 0 Å². The molecule has 0 saturated heterocycles. The Morgan fingerprint density at radius 1 is 0.290 bits per heavy atom. The van der Waals surface area contributed by atoms with Crippen molar-refractivity contribution in [2.24, 2.45) is 0 Å². The zero-order valence-corrected chi connectivity index (χ0v) is 34.3. The monoisotopic (exact) mass is 805 g/mol. The SMILES string of the molecule is c1ccc(-c2nc(-c3ccccc3-c3ccc4c(c3)sc3ccccc34)nc(-c3ccccc3-c3cccc4c3-c3ccccc3C43c4ccccc4-c4ccccc43)n2)cc1. The fraction of sp³-hybridized carbons (Fsp3) is 0.0172. The van der Waals surface area contributed by atoms with Crippen LogP contribution in [0.5, 0.6) is 0 Å². The molecule has 9 aromatic carbocycles. The maximum absolute atomic E-state index is 5.42. The molecule has 2 aliphatic carbocycles. The van der Waals surface area contributed by atoms with Gasteiger partial charge in [0.05, 0.1) is 5.41 Å². The molecule has 0 saturated carbocycles. The molecule has 1 spiro atoms. The number of aromatic nitrogens is 3. The Labute approximate surface area is 363 Å². The van der Waals surface area contributed by atoms with Gasteiger partial charge in [0, 0.05) is 36.9 Å². The topological polar surface area (TPSA) is 38.7 Å². The third-order valence-electron chi connectivity index (χ3n) is 13.0. The largest absolute Gasteiger partial charge is 0.208 e. The van der Waals surface area contributed by atoms with Gasteiger partial charge in [-0.05, 0) is 78.9 Å². The molecule has 11 aromatic rings. The molecule has 0 fully saturated rings. The first-order valence-electron chi connectivity index (χ1n) is 21.1. The number of hydrogen-bond donors (Lipinski definition) is 0. The van der Waals surface area contributed by atoms with Crippen molar-refractivity contribution in [1.29, 1.82) is 0 Å². The summed E-state index contributed by atoms with van der Waals surface area (Å²) in [6.45, 7) is 0. The molecule has 0 N–H and O–H groups in total. The summed E-state index contributed by atoms with van der Waals surface area (Å²) in [5.74, 6) is 1.91. The zero-order valence-electron chi connectivity index (χ0n) is 33.5. The summed E-state index contributed by atoms with van der Waals surface area (Å²) >= 11 is 1.83. The quantitative estimate of drug-likeness (QED) is 0.174. The fourth-order valence-electron chi connectivity index (χ4n) is 10.4. The van der Waals surface area contributed by atoms with Gasteiger partial charge in [0.2, 0.25) is 0 Å². The first-order chi connectivity index (χ1) is 30.8. The second kappa shape index (κ2) is 13.6. The molecule has 2 aliphatic rings. The van der Waals surface area contributed by atoms with Gasteiger partial charge in [-0.1, -0.05) is 200 Å². The molecule has 0 amide bonds. The van der Waals surface area contributed by atoms with E-state index in [1.54, 1.807) is 0 Å². The van der Waals surface area contributed by atoms with Crippen molar-refractivity contribution in [3.05, 3.63) is 235 Å². The van der Waals surface area contributed by atoms with Crippen LogP contribution in [0.1, 0.15) is 22.3 Å². The fourth-order valence-corrected chi connectivity index (χ4v) is 11.6. The van der Waals surface area contributed by atoms with Gasteiger partial charge in [-0.2, -0.15) is 0 Å². The van der Waals surface area contributed by atoms with Crippen LogP contribution in [0.3, 0.4) is 0 Å². The molecule has 0 aliphatic heterocycles. The minimum Gasteiger partial charge on any atom is -0.208 e. The molecule has 13 rings (SSSR count). The lowest BCUT2D eigenvalue weighted by Gasteiger charge is -2.30. The molecule has 4 heteroatoms. The van der Waals surface area contributed by atoms with Gasteiger partial charge in [0.1, 0.15) is 0 Å². The average molecular weight is 806 g/mol. The summed E-state index contributed by atoms with van der Waals surface area (Å²) in [6, 6.07) is 76.7. The molecule has 0 atom stereocenters. The number of nitrogens with zero attached hydrogens (tertiary/aromatic N) is 3. The van der Waals surface area contributed by atoms with Crippen molar-refractivity contribution in [2.75, 3.05) is 0 Å². The van der Waals surface area contributed by atoms with Crippen LogP contribution < -0.4 is 0 Å². The molecule has 2 heterocycles. The van der Waals surface area contributed by atoms with E-state index in [4.69, 9.17) is 15.0 Å². The van der Waals surface area contributed by atoms with Crippen molar-refractivity contribution >= 4 is 31.5 Å². The molecular weight excluding hydrogens is 771 g/mol. The number of thiophene rings is 1. The van der Waals surface area contributed by atoms with Gasteiger partial charge in [0.25, 0.3) is 0 Å². The van der Waals surface area contributed by atoms with Gasteiger partial charge in [-0.25, -0.2) is 15.0 Å². The first kappa shape index (κ1) is 35.0. The van der Waals surface area contributed by atoms with Crippen molar-refractivity contribution in [3.8, 4) is 78.7 Å². The molecule has 62 heavy (non-hydrogen) atoms. The highest BCUT2D eigenvalue weighted by Crippen LogP contribution is 2.64. The van der Waals surface area contributed by atoms with Crippen LogP contribution in [0, 0.1) is 0 Å². The van der Waals surface area contributed by atoms with Gasteiger partial charge in [-0.15, -0.1) is 11.3 Å². The van der Waals surface area contributed by atoms with E-state index < -0.39 is 5.41 Å². The van der Waals surface area contributed by atoms with Crippen molar-refractivity contribution in [3.63, 3.8) is 0 Å². The minimum atomic E-state index is -0.437. The predicted molar refractivity (Wildman–Crippen MR) is 256 cm³/mol. The molecule has 0 unspecified atom stereocenters. The molecular formula is C58H35N3S. The Bertz CT molecular complexity index is 3560. The van der Waals surface area contributed by atoms with Gasteiger partial charge in [-0.3, -0.25) is 0 Å². The Hall–Kier alpha value is -7.79. The number of fused-ring (bicyclic) bond motifs is 13. The Kier molecular flexibility index (Phi) is 7.69. The molecule has 0 radical (unpaired) electrons. The summed E-state index contributed by atoms with van der Waals surface area (Å²) in [5.41, 5.74) is 17.2. The van der Waals surface area contributed by atoms with Gasteiger partial charge < -0.3 is 0 Å². The van der Waals surface area contributed by atoms with E-state index in [1.807, 2.05) is 29.5 Å². The maximum atomic E-state index is 5.42. The van der Waals surface area contributed by atoms with Gasteiger partial charge >= 0.3 is 0 Å². The highest BCUT2D eigenvalue weighted by Gasteiger charge is 2.52. The van der Waals surface area contributed by atoms with E-state index in [0.717, 1.165) is 38.9 Å². The lowest BCUT2D eigenvalue weighted by Crippen LogP contribution is -2.25. The minimum absolute atomic E-state index is 0.437. The predicted octanol–water partition coefficient (Wildman–Crippen LogP) is 14.9. The maximum Gasteiger partial charge on any atom is 0.164 e. The summed E-state index contributed by atoms with van der Waals surface area (Å²) in [6.07, 6.45) is 0.